The predicted molar refractivity (Wildman–Crippen MR) is 67.3 cm³/mol. The summed E-state index contributed by atoms with van der Waals surface area (Å²) in [5.41, 5.74) is 0.208. The van der Waals surface area contributed by atoms with Gasteiger partial charge in [0.25, 0.3) is 0 Å². The van der Waals surface area contributed by atoms with E-state index in [0.717, 1.165) is 31.7 Å². The zero-order valence-corrected chi connectivity index (χ0v) is 10.5. The highest BCUT2D eigenvalue weighted by atomic mass is 16.7. The number of carboxylic acids is 1. The minimum absolute atomic E-state index is 0.208. The first kappa shape index (κ1) is 12.4. The minimum Gasteiger partial charge on any atom is -0.478 e. The van der Waals surface area contributed by atoms with Gasteiger partial charge in [-0.1, -0.05) is 0 Å². The van der Waals surface area contributed by atoms with Crippen LogP contribution in [-0.2, 0) is 9.47 Å². The number of carbonyl (C=O) groups is 1. The lowest BCUT2D eigenvalue weighted by Gasteiger charge is -2.38. The van der Waals surface area contributed by atoms with Gasteiger partial charge in [-0.15, -0.1) is 0 Å². The number of pyridine rings is 1. The van der Waals surface area contributed by atoms with Crippen LogP contribution in [0.1, 0.15) is 23.2 Å². The number of nitrogens with zero attached hydrogens (tertiary/aromatic N) is 2. The molecule has 0 unspecified atom stereocenters. The van der Waals surface area contributed by atoms with E-state index in [9.17, 15) is 4.79 Å². The second-order valence-electron chi connectivity index (χ2n) is 4.80. The van der Waals surface area contributed by atoms with E-state index in [1.165, 1.54) is 6.20 Å². The summed E-state index contributed by atoms with van der Waals surface area (Å²) in [6.45, 7) is 2.95. The molecule has 3 heterocycles. The number of anilines is 1. The van der Waals surface area contributed by atoms with Crippen molar-refractivity contribution in [3.8, 4) is 0 Å². The van der Waals surface area contributed by atoms with Gasteiger partial charge in [-0.05, 0) is 12.1 Å². The van der Waals surface area contributed by atoms with Crippen molar-refractivity contribution in [1.82, 2.24) is 4.98 Å². The fraction of sp³-hybridized carbons (Fsp3) is 0.538. The molecule has 0 aliphatic carbocycles. The summed E-state index contributed by atoms with van der Waals surface area (Å²) < 4.78 is 11.3. The minimum atomic E-state index is -0.954. The standard InChI is InChI=1S/C13H16N2O4/c16-12(17)10-1-2-11(14-9-10)15-5-3-13(4-6-15)18-7-8-19-13/h1-2,9H,3-8H2,(H,16,17). The molecule has 2 aliphatic rings. The lowest BCUT2D eigenvalue weighted by Crippen LogP contribution is -2.45. The summed E-state index contributed by atoms with van der Waals surface area (Å²) in [6, 6.07) is 3.33. The molecule has 0 saturated carbocycles. The van der Waals surface area contributed by atoms with Crippen molar-refractivity contribution in [2.75, 3.05) is 31.2 Å². The second-order valence-corrected chi connectivity index (χ2v) is 4.80. The zero-order valence-electron chi connectivity index (χ0n) is 10.5. The molecular weight excluding hydrogens is 248 g/mol. The summed E-state index contributed by atoms with van der Waals surface area (Å²) in [5, 5.41) is 8.84. The maximum Gasteiger partial charge on any atom is 0.337 e. The van der Waals surface area contributed by atoms with E-state index < -0.39 is 11.8 Å². The van der Waals surface area contributed by atoms with Gasteiger partial charge < -0.3 is 19.5 Å². The molecule has 1 aromatic heterocycles. The Kier molecular flexibility index (Phi) is 3.12. The van der Waals surface area contributed by atoms with Crippen molar-refractivity contribution in [2.45, 2.75) is 18.6 Å². The topological polar surface area (TPSA) is 71.9 Å². The quantitative estimate of drug-likeness (QED) is 0.863. The maximum absolute atomic E-state index is 10.8. The second kappa shape index (κ2) is 4.79. The van der Waals surface area contributed by atoms with Crippen LogP contribution in [0.2, 0.25) is 0 Å². The number of aromatic carboxylic acids is 1. The number of hydrogen-bond acceptors (Lipinski definition) is 5. The predicted octanol–water partition coefficient (Wildman–Crippen LogP) is 1.12. The maximum atomic E-state index is 10.8. The third-order valence-electron chi connectivity index (χ3n) is 3.66. The average Bonchev–Trinajstić information content (AvgIpc) is 2.88. The highest BCUT2D eigenvalue weighted by molar-refractivity contribution is 5.87. The number of piperidine rings is 1. The van der Waals surface area contributed by atoms with Crippen molar-refractivity contribution in [3.63, 3.8) is 0 Å². The smallest absolute Gasteiger partial charge is 0.337 e. The van der Waals surface area contributed by atoms with Gasteiger partial charge in [-0.2, -0.15) is 0 Å². The van der Waals surface area contributed by atoms with E-state index in [-0.39, 0.29) is 5.56 Å². The molecule has 1 spiro atoms. The Morgan fingerprint density at radius 2 is 1.95 bits per heavy atom. The van der Waals surface area contributed by atoms with Gasteiger partial charge in [-0.25, -0.2) is 9.78 Å². The average molecular weight is 264 g/mol. The van der Waals surface area contributed by atoms with Crippen LogP contribution in [0.25, 0.3) is 0 Å². The zero-order chi connectivity index (χ0) is 13.3. The third-order valence-corrected chi connectivity index (χ3v) is 3.66. The molecule has 2 fully saturated rings. The van der Waals surface area contributed by atoms with E-state index in [1.54, 1.807) is 12.1 Å². The molecule has 102 valence electrons. The van der Waals surface area contributed by atoms with Crippen LogP contribution in [-0.4, -0.2) is 48.2 Å². The van der Waals surface area contributed by atoms with E-state index in [0.29, 0.717) is 13.2 Å². The number of carboxylic acid groups (broad SMARTS) is 1. The van der Waals surface area contributed by atoms with Crippen molar-refractivity contribution in [3.05, 3.63) is 23.9 Å². The molecule has 6 nitrogen and oxygen atoms in total. The van der Waals surface area contributed by atoms with Crippen molar-refractivity contribution in [2.24, 2.45) is 0 Å². The molecule has 2 aliphatic heterocycles. The molecule has 1 N–H and O–H groups in total. The monoisotopic (exact) mass is 264 g/mol. The summed E-state index contributed by atoms with van der Waals surface area (Å²) in [4.78, 5) is 17.1. The van der Waals surface area contributed by atoms with Crippen molar-refractivity contribution in [1.29, 1.82) is 0 Å². The number of ether oxygens (including phenoxy) is 2. The van der Waals surface area contributed by atoms with Crippen LogP contribution in [0.3, 0.4) is 0 Å². The Labute approximate surface area is 111 Å². The van der Waals surface area contributed by atoms with Crippen molar-refractivity contribution < 1.29 is 19.4 Å². The third kappa shape index (κ3) is 2.41. The van der Waals surface area contributed by atoms with Crippen molar-refractivity contribution >= 4 is 11.8 Å². The Bertz CT molecular complexity index is 458. The van der Waals surface area contributed by atoms with Crippen LogP contribution in [0.4, 0.5) is 5.82 Å². The largest absolute Gasteiger partial charge is 0.478 e. The first-order valence-corrected chi connectivity index (χ1v) is 6.41. The molecule has 0 radical (unpaired) electrons. The van der Waals surface area contributed by atoms with Crippen LogP contribution in [0.15, 0.2) is 18.3 Å². The molecule has 6 heteroatoms. The number of hydrogen-bond donors (Lipinski definition) is 1. The van der Waals surface area contributed by atoms with Gasteiger partial charge in [-0.3, -0.25) is 0 Å². The molecule has 0 bridgehead atoms. The highest BCUT2D eigenvalue weighted by Crippen LogP contribution is 2.32. The van der Waals surface area contributed by atoms with Gasteiger partial charge >= 0.3 is 5.97 Å². The van der Waals surface area contributed by atoms with Gasteiger partial charge in [0.15, 0.2) is 5.79 Å². The Morgan fingerprint density at radius 3 is 2.47 bits per heavy atom. The fourth-order valence-electron chi connectivity index (χ4n) is 2.56. The lowest BCUT2D eigenvalue weighted by molar-refractivity contribution is -0.169. The van der Waals surface area contributed by atoms with Crippen LogP contribution in [0, 0.1) is 0 Å². The van der Waals surface area contributed by atoms with Crippen LogP contribution < -0.4 is 4.90 Å². The molecule has 0 atom stereocenters. The molecule has 3 rings (SSSR count). The lowest BCUT2D eigenvalue weighted by atomic mass is 10.0. The Hall–Kier alpha value is -1.66. The molecule has 2 saturated heterocycles. The summed E-state index contributed by atoms with van der Waals surface area (Å²) in [7, 11) is 0. The number of rotatable bonds is 2. The van der Waals surface area contributed by atoms with E-state index >= 15 is 0 Å². The van der Waals surface area contributed by atoms with E-state index in [4.69, 9.17) is 14.6 Å². The van der Waals surface area contributed by atoms with Gasteiger partial charge in [0.05, 0.1) is 18.8 Å². The summed E-state index contributed by atoms with van der Waals surface area (Å²) in [6.07, 6.45) is 3.02. The highest BCUT2D eigenvalue weighted by Gasteiger charge is 2.39. The summed E-state index contributed by atoms with van der Waals surface area (Å²) in [5.74, 6) is -0.542. The molecular formula is C13H16N2O4. The van der Waals surface area contributed by atoms with Gasteiger partial charge in [0.1, 0.15) is 5.82 Å². The SMILES string of the molecule is O=C(O)c1ccc(N2CCC3(CC2)OCCO3)nc1. The van der Waals surface area contributed by atoms with E-state index in [2.05, 4.69) is 9.88 Å². The van der Waals surface area contributed by atoms with Crippen LogP contribution >= 0.6 is 0 Å². The molecule has 19 heavy (non-hydrogen) atoms. The van der Waals surface area contributed by atoms with Gasteiger partial charge in [0, 0.05) is 32.1 Å². The Balaban J connectivity index is 1.66. The number of aromatic nitrogens is 1. The summed E-state index contributed by atoms with van der Waals surface area (Å²) >= 11 is 0. The first-order valence-electron chi connectivity index (χ1n) is 6.41. The first-order chi connectivity index (χ1) is 9.19. The molecule has 0 amide bonds. The molecule has 1 aromatic rings. The van der Waals surface area contributed by atoms with E-state index in [1.807, 2.05) is 0 Å². The fourth-order valence-corrected chi connectivity index (χ4v) is 2.56. The molecule has 0 aromatic carbocycles. The normalized spacial score (nSPS) is 21.8. The van der Waals surface area contributed by atoms with Gasteiger partial charge in [0.2, 0.25) is 0 Å². The van der Waals surface area contributed by atoms with Crippen LogP contribution in [0.5, 0.6) is 0 Å². The Morgan fingerprint density at radius 1 is 1.26 bits per heavy atom.